The first-order valence-electron chi connectivity index (χ1n) is 8.47. The van der Waals surface area contributed by atoms with Crippen molar-refractivity contribution in [3.05, 3.63) is 0 Å². The smallest absolute Gasteiger partial charge is 0.411 e. The van der Waals surface area contributed by atoms with Gasteiger partial charge in [0.25, 0.3) is 0 Å². The highest BCUT2D eigenvalue weighted by Crippen LogP contribution is 2.42. The maximum atomic E-state index is 12.9. The van der Waals surface area contributed by atoms with Crippen LogP contribution in [0.25, 0.3) is 0 Å². The Morgan fingerprint density at radius 3 is 2.21 bits per heavy atom. The molecule has 0 spiro atoms. The maximum absolute atomic E-state index is 12.9. The summed E-state index contributed by atoms with van der Waals surface area (Å²) in [4.78, 5) is 29.1. The summed E-state index contributed by atoms with van der Waals surface area (Å²) in [6, 6.07) is 0.0391. The van der Waals surface area contributed by atoms with Crippen molar-refractivity contribution in [3.8, 4) is 0 Å². The molecular weight excluding hydrogens is 312 g/mol. The number of nitrogens with zero attached hydrogens (tertiary/aromatic N) is 2. The van der Waals surface area contributed by atoms with Gasteiger partial charge in [-0.2, -0.15) is 0 Å². The van der Waals surface area contributed by atoms with Gasteiger partial charge < -0.3 is 14.6 Å². The number of fused-ring (bicyclic) bond motifs is 2. The fraction of sp³-hybridized carbons (Fsp3) is 0.882. The number of ether oxygens (including phenoxy) is 2. The number of rotatable bonds is 3. The Labute approximate surface area is 143 Å². The second-order valence-electron chi connectivity index (χ2n) is 8.68. The number of piperazine rings is 1. The zero-order chi connectivity index (χ0) is 18.3. The van der Waals surface area contributed by atoms with E-state index in [1.807, 2.05) is 25.7 Å². The molecule has 0 aromatic rings. The molecule has 0 aromatic heterocycles. The molecule has 138 valence electrons. The summed E-state index contributed by atoms with van der Waals surface area (Å²) >= 11 is 0. The molecule has 2 fully saturated rings. The zero-order valence-electron chi connectivity index (χ0n) is 15.6. The molecule has 0 radical (unpaired) electrons. The molecule has 0 aromatic carbocycles. The number of likely N-dealkylation sites (tertiary alicyclic amines) is 2. The van der Waals surface area contributed by atoms with E-state index in [2.05, 4.69) is 0 Å². The van der Waals surface area contributed by atoms with Crippen LogP contribution in [0.5, 0.6) is 0 Å². The number of esters is 1. The second-order valence-corrected chi connectivity index (χ2v) is 8.68. The third-order valence-corrected chi connectivity index (χ3v) is 4.24. The van der Waals surface area contributed by atoms with E-state index in [0.717, 1.165) is 0 Å². The molecule has 2 heterocycles. The molecule has 2 rings (SSSR count). The molecule has 7 nitrogen and oxygen atoms in total. The molecule has 2 aliphatic heterocycles. The third-order valence-electron chi connectivity index (χ3n) is 4.24. The molecule has 2 aliphatic rings. The van der Waals surface area contributed by atoms with Gasteiger partial charge in [0.2, 0.25) is 0 Å². The summed E-state index contributed by atoms with van der Waals surface area (Å²) in [5, 5.41) is 9.23. The fourth-order valence-corrected chi connectivity index (χ4v) is 3.40. The molecule has 24 heavy (non-hydrogen) atoms. The summed E-state index contributed by atoms with van der Waals surface area (Å²) < 4.78 is 11.1. The number of carbonyl (C=O) groups is 2. The molecule has 0 saturated carbocycles. The third kappa shape index (κ3) is 3.83. The van der Waals surface area contributed by atoms with E-state index in [0.29, 0.717) is 26.1 Å². The molecule has 7 heteroatoms. The maximum Gasteiger partial charge on any atom is 0.411 e. The van der Waals surface area contributed by atoms with Crippen LogP contribution < -0.4 is 0 Å². The SMILES string of the molecule is CC(C)(C)OC(=O)N1CC2CC1(C(=O)OC(C)(C)C)CN2CCO. The predicted molar refractivity (Wildman–Crippen MR) is 88.6 cm³/mol. The van der Waals surface area contributed by atoms with E-state index in [-0.39, 0.29) is 12.6 Å². The van der Waals surface area contributed by atoms with Crippen molar-refractivity contribution >= 4 is 12.1 Å². The minimum absolute atomic E-state index is 0.0212. The van der Waals surface area contributed by atoms with Gasteiger partial charge in [-0.25, -0.2) is 9.59 Å². The highest BCUT2D eigenvalue weighted by Gasteiger charge is 2.62. The van der Waals surface area contributed by atoms with E-state index >= 15 is 0 Å². The summed E-state index contributed by atoms with van der Waals surface area (Å²) in [6.07, 6.45) is 0.0285. The van der Waals surface area contributed by atoms with Crippen LogP contribution in [-0.4, -0.2) is 76.0 Å². The van der Waals surface area contributed by atoms with Gasteiger partial charge in [0.05, 0.1) is 6.61 Å². The van der Waals surface area contributed by atoms with Gasteiger partial charge >= 0.3 is 12.1 Å². The largest absolute Gasteiger partial charge is 0.458 e. The summed E-state index contributed by atoms with van der Waals surface area (Å²) in [5.41, 5.74) is -2.29. The zero-order valence-corrected chi connectivity index (χ0v) is 15.6. The van der Waals surface area contributed by atoms with Gasteiger partial charge in [-0.3, -0.25) is 9.80 Å². The summed E-state index contributed by atoms with van der Waals surface area (Å²) in [7, 11) is 0. The van der Waals surface area contributed by atoms with E-state index in [1.54, 1.807) is 20.8 Å². The van der Waals surface area contributed by atoms with Gasteiger partial charge in [0.15, 0.2) is 5.54 Å². The van der Waals surface area contributed by atoms with Crippen molar-refractivity contribution < 1.29 is 24.2 Å². The van der Waals surface area contributed by atoms with E-state index in [4.69, 9.17) is 9.47 Å². The molecule has 2 unspecified atom stereocenters. The first kappa shape index (κ1) is 19.0. The quantitative estimate of drug-likeness (QED) is 0.781. The molecule has 1 N–H and O–H groups in total. The van der Waals surface area contributed by atoms with Crippen LogP contribution >= 0.6 is 0 Å². The highest BCUT2D eigenvalue weighted by atomic mass is 16.6. The lowest BCUT2D eigenvalue weighted by atomic mass is 9.98. The number of hydrogen-bond donors (Lipinski definition) is 1. The standard InChI is InChI=1S/C17H30N2O5/c1-15(2,3)23-13(21)17-9-12(18(11-17)7-8-20)10-19(17)14(22)24-16(4,5)6/h12,20H,7-11H2,1-6H3. The molecule has 2 bridgehead atoms. The number of amides is 1. The molecule has 2 saturated heterocycles. The van der Waals surface area contributed by atoms with Gasteiger partial charge in [-0.05, 0) is 41.5 Å². The van der Waals surface area contributed by atoms with E-state index in [1.165, 1.54) is 4.90 Å². The first-order chi connectivity index (χ1) is 10.9. The molecule has 1 amide bonds. The monoisotopic (exact) mass is 342 g/mol. The topological polar surface area (TPSA) is 79.3 Å². The van der Waals surface area contributed by atoms with Crippen LogP contribution in [-0.2, 0) is 14.3 Å². The van der Waals surface area contributed by atoms with Crippen molar-refractivity contribution in [1.82, 2.24) is 9.80 Å². The molecule has 2 atom stereocenters. The second kappa shape index (κ2) is 6.19. The lowest BCUT2D eigenvalue weighted by molar-refractivity contribution is -0.168. The van der Waals surface area contributed by atoms with Gasteiger partial charge in [0, 0.05) is 32.1 Å². The lowest BCUT2D eigenvalue weighted by Gasteiger charge is -2.41. The van der Waals surface area contributed by atoms with Gasteiger partial charge in [-0.1, -0.05) is 0 Å². The summed E-state index contributed by atoms with van der Waals surface area (Å²) in [5.74, 6) is -0.399. The Morgan fingerprint density at radius 2 is 1.71 bits per heavy atom. The number of hydrogen-bond acceptors (Lipinski definition) is 6. The van der Waals surface area contributed by atoms with E-state index in [9.17, 15) is 14.7 Å². The Morgan fingerprint density at radius 1 is 1.12 bits per heavy atom. The fourth-order valence-electron chi connectivity index (χ4n) is 3.40. The van der Waals surface area contributed by atoms with Crippen molar-refractivity contribution in [2.24, 2.45) is 0 Å². The normalized spacial score (nSPS) is 27.5. The van der Waals surface area contributed by atoms with Gasteiger partial charge in [0.1, 0.15) is 11.2 Å². The van der Waals surface area contributed by atoms with Crippen LogP contribution in [0.3, 0.4) is 0 Å². The highest BCUT2D eigenvalue weighted by molar-refractivity contribution is 5.88. The van der Waals surface area contributed by atoms with Crippen molar-refractivity contribution in [2.45, 2.75) is 70.7 Å². The van der Waals surface area contributed by atoms with Crippen molar-refractivity contribution in [2.75, 3.05) is 26.2 Å². The number of aliphatic hydroxyl groups is 1. The average molecular weight is 342 g/mol. The minimum atomic E-state index is -1.03. The van der Waals surface area contributed by atoms with Crippen molar-refractivity contribution in [3.63, 3.8) is 0 Å². The van der Waals surface area contributed by atoms with Crippen LogP contribution in [0.15, 0.2) is 0 Å². The Bertz CT molecular complexity index is 508. The average Bonchev–Trinajstić information content (AvgIpc) is 2.91. The first-order valence-corrected chi connectivity index (χ1v) is 8.47. The van der Waals surface area contributed by atoms with Crippen LogP contribution in [0.4, 0.5) is 4.79 Å². The Hall–Kier alpha value is -1.34. The van der Waals surface area contributed by atoms with Crippen LogP contribution in [0.1, 0.15) is 48.0 Å². The lowest BCUT2D eigenvalue weighted by Crippen LogP contribution is -2.62. The number of carbonyl (C=O) groups excluding carboxylic acids is 2. The molecule has 0 aliphatic carbocycles. The minimum Gasteiger partial charge on any atom is -0.458 e. The predicted octanol–water partition coefficient (Wildman–Crippen LogP) is 1.38. The molecular formula is C17H30N2O5. The van der Waals surface area contributed by atoms with E-state index < -0.39 is 28.8 Å². The Kier molecular flexibility index (Phi) is 4.89. The van der Waals surface area contributed by atoms with Gasteiger partial charge in [-0.15, -0.1) is 0 Å². The summed E-state index contributed by atoms with van der Waals surface area (Å²) in [6.45, 7) is 12.1. The van der Waals surface area contributed by atoms with Crippen LogP contribution in [0.2, 0.25) is 0 Å². The number of aliphatic hydroxyl groups excluding tert-OH is 1. The van der Waals surface area contributed by atoms with Crippen molar-refractivity contribution in [1.29, 1.82) is 0 Å². The number of β-amino-alcohol motifs (C(OH)–C–C–N with tert-alkyl or cyclic N) is 1. The van der Waals surface area contributed by atoms with Crippen LogP contribution in [0, 0.1) is 0 Å². The Balaban J connectivity index is 2.26.